The molecule has 0 aliphatic heterocycles. The van der Waals surface area contributed by atoms with Crippen LogP contribution in [0.25, 0.3) is 0 Å². The highest BCUT2D eigenvalue weighted by atomic mass is 16.3. The first-order valence-corrected chi connectivity index (χ1v) is 10.1. The molecule has 14 atom stereocenters. The molecule has 0 aromatic heterocycles. The van der Waals surface area contributed by atoms with Gasteiger partial charge in [0.15, 0.2) is 0 Å². The minimum Gasteiger partial charge on any atom is -0.396 e. The molecule has 0 unspecified atom stereocenters. The molecule has 7 saturated carbocycles. The van der Waals surface area contributed by atoms with Crippen LogP contribution in [0.3, 0.4) is 0 Å². The first-order chi connectivity index (χ1) is 10.8. The van der Waals surface area contributed by atoms with E-state index in [1.54, 1.807) is 0 Å². The van der Waals surface area contributed by atoms with E-state index in [1.165, 1.54) is 32.1 Å². The predicted molar refractivity (Wildman–Crippen MR) is 81.5 cm³/mol. The Morgan fingerprint density at radius 2 is 1.23 bits per heavy atom. The molecule has 0 saturated heterocycles. The maximum atomic E-state index is 11.1. The highest BCUT2D eigenvalue weighted by molar-refractivity contribution is 5.27. The molecule has 2 heteroatoms. The summed E-state index contributed by atoms with van der Waals surface area (Å²) in [6, 6.07) is 0. The smallest absolute Gasteiger partial charge is 0.0605 e. The monoisotopic (exact) mass is 300 g/mol. The van der Waals surface area contributed by atoms with Crippen molar-refractivity contribution in [3.05, 3.63) is 0 Å². The largest absolute Gasteiger partial charge is 0.396 e. The lowest BCUT2D eigenvalue weighted by molar-refractivity contribution is 0.0456. The van der Waals surface area contributed by atoms with Crippen molar-refractivity contribution in [1.29, 1.82) is 0 Å². The summed E-state index contributed by atoms with van der Waals surface area (Å²) in [4.78, 5) is 0. The van der Waals surface area contributed by atoms with Crippen molar-refractivity contribution in [3.8, 4) is 0 Å². The summed E-state index contributed by atoms with van der Waals surface area (Å²) < 4.78 is 0. The lowest BCUT2D eigenvalue weighted by atomic mass is 9.75. The minimum atomic E-state index is 0.0455. The van der Waals surface area contributed by atoms with Gasteiger partial charge in [-0.1, -0.05) is 6.42 Å². The van der Waals surface area contributed by atoms with E-state index in [0.29, 0.717) is 24.4 Å². The summed E-state index contributed by atoms with van der Waals surface area (Å²) in [5, 5.41) is 21.4. The van der Waals surface area contributed by atoms with Gasteiger partial charge in [0.05, 0.1) is 6.10 Å². The Bertz CT molecular complexity index is 537. The quantitative estimate of drug-likeness (QED) is 0.780. The zero-order valence-electron chi connectivity index (χ0n) is 13.2. The molecule has 0 aromatic carbocycles. The van der Waals surface area contributed by atoms with Gasteiger partial charge in [-0.05, 0) is 103 Å². The lowest BCUT2D eigenvalue weighted by Crippen LogP contribution is -2.30. The van der Waals surface area contributed by atoms with Crippen LogP contribution in [-0.4, -0.2) is 22.9 Å². The van der Waals surface area contributed by atoms with Gasteiger partial charge in [-0.15, -0.1) is 0 Å². The fourth-order valence-electron chi connectivity index (χ4n) is 10.9. The van der Waals surface area contributed by atoms with Gasteiger partial charge in [0.1, 0.15) is 0 Å². The van der Waals surface area contributed by atoms with Crippen LogP contribution in [0.5, 0.6) is 0 Å². The molecule has 0 heterocycles. The Morgan fingerprint density at radius 1 is 0.591 bits per heavy atom. The van der Waals surface area contributed by atoms with Gasteiger partial charge < -0.3 is 10.2 Å². The summed E-state index contributed by atoms with van der Waals surface area (Å²) >= 11 is 0. The highest BCUT2D eigenvalue weighted by Crippen LogP contribution is 2.82. The van der Waals surface area contributed by atoms with Gasteiger partial charge in [0.2, 0.25) is 0 Å². The molecule has 0 aromatic rings. The number of aliphatic hydroxyl groups excluding tert-OH is 2. The second-order valence-corrected chi connectivity index (χ2v) is 10.1. The Kier molecular flexibility index (Phi) is 2.02. The van der Waals surface area contributed by atoms with Gasteiger partial charge in [-0.2, -0.15) is 0 Å². The third-order valence-electron chi connectivity index (χ3n) is 10.5. The molecule has 7 fully saturated rings. The van der Waals surface area contributed by atoms with Crippen molar-refractivity contribution in [2.75, 3.05) is 6.61 Å². The molecule has 7 aliphatic rings. The number of hydrogen-bond acceptors (Lipinski definition) is 2. The van der Waals surface area contributed by atoms with Crippen molar-refractivity contribution in [2.45, 2.75) is 38.2 Å². The second-order valence-electron chi connectivity index (χ2n) is 10.1. The standard InChI is InChI=1S/C20H28O2/c21-6-11-12-7-2-1-3-8(7)15-16(12)17-14(11)9-4-5-10-13(9)18(17)19(15)20(10)22/h7-22H,1-6H2/t7-,8+,9+,10+,11-,12+,13-,14+,15-,16-,17-,18+,19-,20-/m1/s1. The number of hydrogen-bond donors (Lipinski definition) is 2. The molecule has 0 bridgehead atoms. The van der Waals surface area contributed by atoms with E-state index >= 15 is 0 Å². The Morgan fingerprint density at radius 3 is 2.05 bits per heavy atom. The fourth-order valence-corrected chi connectivity index (χ4v) is 10.9. The van der Waals surface area contributed by atoms with Crippen LogP contribution < -0.4 is 0 Å². The van der Waals surface area contributed by atoms with Crippen molar-refractivity contribution in [1.82, 2.24) is 0 Å². The first kappa shape index (κ1) is 12.3. The fraction of sp³-hybridized carbons (Fsp3) is 1.00. The number of fused-ring (bicyclic) bond motifs is 5. The molecule has 0 radical (unpaired) electrons. The molecule has 7 rings (SSSR count). The molecular formula is C20H28O2. The third-order valence-corrected chi connectivity index (χ3v) is 10.5. The van der Waals surface area contributed by atoms with Gasteiger partial charge in [0.25, 0.3) is 0 Å². The molecule has 2 N–H and O–H groups in total. The van der Waals surface area contributed by atoms with E-state index < -0.39 is 0 Å². The number of aliphatic hydroxyl groups is 2. The average Bonchev–Trinajstić information content (AvgIpc) is 3.26. The van der Waals surface area contributed by atoms with Crippen molar-refractivity contribution in [3.63, 3.8) is 0 Å². The van der Waals surface area contributed by atoms with Gasteiger partial charge in [-0.25, -0.2) is 0 Å². The van der Waals surface area contributed by atoms with Gasteiger partial charge in [0, 0.05) is 6.61 Å². The zero-order valence-corrected chi connectivity index (χ0v) is 13.2. The van der Waals surface area contributed by atoms with Crippen LogP contribution in [0.2, 0.25) is 0 Å². The summed E-state index contributed by atoms with van der Waals surface area (Å²) in [6.45, 7) is 0.464. The zero-order chi connectivity index (χ0) is 14.3. The van der Waals surface area contributed by atoms with E-state index in [4.69, 9.17) is 0 Å². The topological polar surface area (TPSA) is 40.5 Å². The van der Waals surface area contributed by atoms with Crippen LogP contribution in [0, 0.1) is 76.9 Å². The Labute approximate surface area is 132 Å². The van der Waals surface area contributed by atoms with Gasteiger partial charge >= 0.3 is 0 Å². The maximum absolute atomic E-state index is 11.1. The Balaban J connectivity index is 1.46. The summed E-state index contributed by atoms with van der Waals surface area (Å²) in [5.41, 5.74) is 0. The molecule has 120 valence electrons. The highest BCUT2D eigenvalue weighted by Gasteiger charge is 2.80. The van der Waals surface area contributed by atoms with E-state index in [2.05, 4.69) is 0 Å². The van der Waals surface area contributed by atoms with Crippen molar-refractivity contribution in [2.24, 2.45) is 76.9 Å². The van der Waals surface area contributed by atoms with Crippen molar-refractivity contribution >= 4 is 0 Å². The van der Waals surface area contributed by atoms with Crippen molar-refractivity contribution < 1.29 is 10.2 Å². The van der Waals surface area contributed by atoms with Crippen LogP contribution in [0.1, 0.15) is 32.1 Å². The summed E-state index contributed by atoms with van der Waals surface area (Å²) in [5.74, 6) is 10.8. The van der Waals surface area contributed by atoms with Gasteiger partial charge in [-0.3, -0.25) is 0 Å². The molecule has 22 heavy (non-hydrogen) atoms. The average molecular weight is 300 g/mol. The molecule has 2 nitrogen and oxygen atoms in total. The van der Waals surface area contributed by atoms with Crippen LogP contribution in [-0.2, 0) is 0 Å². The normalized spacial score (nSPS) is 75.0. The first-order valence-electron chi connectivity index (χ1n) is 10.1. The Hall–Kier alpha value is -0.0800. The van der Waals surface area contributed by atoms with E-state index in [1.807, 2.05) is 0 Å². The second kappa shape index (κ2) is 3.61. The number of rotatable bonds is 1. The molecule has 0 spiro atoms. The van der Waals surface area contributed by atoms with Crippen LogP contribution in [0.15, 0.2) is 0 Å². The minimum absolute atomic E-state index is 0.0455. The SMILES string of the molecule is OC[C@H]1[C@@H]2[C@H]3CC[C@@H]4[C@@H](O)[C@@H]5[C@@H]6[C@H]7CCC[C@H]7[C@@H]1[C@H]6[C@@H]2[C@@H]5[C@@H]43. The predicted octanol–water partition coefficient (Wildman–Crippen LogP) is 2.40. The third kappa shape index (κ3) is 0.989. The lowest BCUT2D eigenvalue weighted by Gasteiger charge is -2.31. The summed E-state index contributed by atoms with van der Waals surface area (Å²) in [6.07, 6.45) is 7.00. The van der Waals surface area contributed by atoms with E-state index in [-0.39, 0.29) is 6.10 Å². The summed E-state index contributed by atoms with van der Waals surface area (Å²) in [7, 11) is 0. The van der Waals surface area contributed by atoms with Crippen LogP contribution >= 0.6 is 0 Å². The maximum Gasteiger partial charge on any atom is 0.0605 e. The molecular weight excluding hydrogens is 272 g/mol. The molecule has 0 amide bonds. The van der Waals surface area contributed by atoms with E-state index in [9.17, 15) is 10.2 Å². The molecule has 7 aliphatic carbocycles. The van der Waals surface area contributed by atoms with E-state index in [0.717, 1.165) is 59.2 Å². The van der Waals surface area contributed by atoms with Crippen LogP contribution in [0.4, 0.5) is 0 Å².